The molecule has 21 heavy (non-hydrogen) atoms. The van der Waals surface area contributed by atoms with Crippen LogP contribution in [0.5, 0.6) is 0 Å². The maximum atomic E-state index is 12.7. The number of unbranched alkanes of at least 4 members (excludes halogenated alkanes) is 2. The molecule has 0 radical (unpaired) electrons. The van der Waals surface area contributed by atoms with Crippen LogP contribution in [0.4, 0.5) is 0 Å². The van der Waals surface area contributed by atoms with Crippen LogP contribution in [0.25, 0.3) is 0 Å². The van der Waals surface area contributed by atoms with Gasteiger partial charge in [0.05, 0.1) is 10.1 Å². The third-order valence-corrected chi connectivity index (χ3v) is 5.63. The summed E-state index contributed by atoms with van der Waals surface area (Å²) in [5.74, 6) is -0.126. The maximum Gasteiger partial charge on any atom is 0.181 e. The molecule has 0 heterocycles. The van der Waals surface area contributed by atoms with Crippen molar-refractivity contribution in [3.63, 3.8) is 0 Å². The van der Waals surface area contributed by atoms with E-state index in [0.29, 0.717) is 11.3 Å². The van der Waals surface area contributed by atoms with Crippen LogP contribution in [0.3, 0.4) is 0 Å². The van der Waals surface area contributed by atoms with Gasteiger partial charge in [0.2, 0.25) is 0 Å². The van der Waals surface area contributed by atoms with Gasteiger partial charge in [0.1, 0.15) is 0 Å². The molecule has 1 atom stereocenters. The van der Waals surface area contributed by atoms with E-state index in [-0.39, 0.29) is 12.2 Å². The zero-order valence-corrected chi connectivity index (χ0v) is 13.6. The van der Waals surface area contributed by atoms with Crippen LogP contribution in [0, 0.1) is 0 Å². The first-order valence-electron chi connectivity index (χ1n) is 7.46. The number of carbonyl (C=O) groups excluding carboxylic acids is 1. The number of hydrogen-bond donors (Lipinski definition) is 0. The monoisotopic (exact) mass is 308 g/mol. The lowest BCUT2D eigenvalue weighted by atomic mass is 10.1. The molecule has 0 aliphatic rings. The molecule has 4 heteroatoms. The van der Waals surface area contributed by atoms with Gasteiger partial charge in [0.25, 0.3) is 0 Å². The molecule has 0 saturated heterocycles. The van der Waals surface area contributed by atoms with Gasteiger partial charge in [0.15, 0.2) is 15.6 Å². The molecule has 0 amide bonds. The predicted octanol–water partition coefficient (Wildman–Crippen LogP) is 3.94. The summed E-state index contributed by atoms with van der Waals surface area (Å²) in [4.78, 5) is 12.1. The molecule has 1 aromatic rings. The predicted molar refractivity (Wildman–Crippen MR) is 86.0 cm³/mol. The van der Waals surface area contributed by atoms with Gasteiger partial charge >= 0.3 is 0 Å². The fourth-order valence-electron chi connectivity index (χ4n) is 2.27. The van der Waals surface area contributed by atoms with Crippen LogP contribution < -0.4 is 0 Å². The normalized spacial score (nSPS) is 13.4. The van der Waals surface area contributed by atoms with E-state index in [2.05, 4.69) is 6.92 Å². The van der Waals surface area contributed by atoms with Gasteiger partial charge in [-0.3, -0.25) is 4.79 Å². The van der Waals surface area contributed by atoms with Gasteiger partial charge in [-0.2, -0.15) is 0 Å². The Bertz CT molecular complexity index is 559. The number of sulfone groups is 1. The second-order valence-corrected chi connectivity index (χ2v) is 7.37. The highest BCUT2D eigenvalue weighted by Gasteiger charge is 2.28. The highest BCUT2D eigenvalue weighted by atomic mass is 32.2. The van der Waals surface area contributed by atoms with Crippen molar-refractivity contribution in [3.8, 4) is 0 Å². The molecule has 0 saturated carbocycles. The van der Waals surface area contributed by atoms with Gasteiger partial charge in [-0.05, 0) is 31.6 Å². The average Bonchev–Trinajstić information content (AvgIpc) is 2.47. The highest BCUT2D eigenvalue weighted by molar-refractivity contribution is 7.92. The first-order chi connectivity index (χ1) is 10.0. The molecule has 1 rings (SSSR count). The fourth-order valence-corrected chi connectivity index (χ4v) is 4.05. The summed E-state index contributed by atoms with van der Waals surface area (Å²) in [6, 6.07) is 8.41. The molecule has 0 aliphatic carbocycles. The second-order valence-electron chi connectivity index (χ2n) is 5.15. The van der Waals surface area contributed by atoms with Crippen molar-refractivity contribution in [2.24, 2.45) is 0 Å². The largest absolute Gasteiger partial charge is 0.295 e. The van der Waals surface area contributed by atoms with Crippen molar-refractivity contribution in [3.05, 3.63) is 42.5 Å². The molecule has 0 fully saturated rings. The van der Waals surface area contributed by atoms with Crippen LogP contribution in [0.1, 0.15) is 46.0 Å². The van der Waals surface area contributed by atoms with E-state index >= 15 is 0 Å². The lowest BCUT2D eigenvalue weighted by Gasteiger charge is -2.16. The summed E-state index contributed by atoms with van der Waals surface area (Å²) in [5, 5.41) is -0.629. The molecule has 0 aliphatic heterocycles. The SMILES string of the molecule is C/C=C/C(=O)CC(CCCCC)S(=O)(=O)c1ccccc1. The molecule has 1 aromatic carbocycles. The summed E-state index contributed by atoms with van der Waals surface area (Å²) in [6.07, 6.45) is 6.55. The van der Waals surface area contributed by atoms with Crippen molar-refractivity contribution in [1.29, 1.82) is 0 Å². The summed E-state index contributed by atoms with van der Waals surface area (Å²) in [5.41, 5.74) is 0. The van der Waals surface area contributed by atoms with Crippen molar-refractivity contribution >= 4 is 15.6 Å². The first kappa shape index (κ1) is 17.6. The number of benzene rings is 1. The topological polar surface area (TPSA) is 51.2 Å². The minimum Gasteiger partial charge on any atom is -0.295 e. The second kappa shape index (κ2) is 8.78. The summed E-state index contributed by atoms with van der Waals surface area (Å²) >= 11 is 0. The number of allylic oxidation sites excluding steroid dienone is 2. The Balaban J connectivity index is 2.96. The number of hydrogen-bond acceptors (Lipinski definition) is 3. The van der Waals surface area contributed by atoms with Gasteiger partial charge in [-0.15, -0.1) is 0 Å². The van der Waals surface area contributed by atoms with Gasteiger partial charge in [-0.25, -0.2) is 8.42 Å². The molecule has 3 nitrogen and oxygen atoms in total. The lowest BCUT2D eigenvalue weighted by Crippen LogP contribution is -2.24. The molecular formula is C17H24O3S. The third kappa shape index (κ3) is 5.46. The van der Waals surface area contributed by atoms with E-state index in [4.69, 9.17) is 0 Å². The average molecular weight is 308 g/mol. The first-order valence-corrected chi connectivity index (χ1v) is 9.01. The van der Waals surface area contributed by atoms with Gasteiger partial charge in [-0.1, -0.05) is 50.5 Å². The molecular weight excluding hydrogens is 284 g/mol. The van der Waals surface area contributed by atoms with Crippen LogP contribution in [-0.4, -0.2) is 19.5 Å². The summed E-state index contributed by atoms with van der Waals surface area (Å²) in [6.45, 7) is 3.83. The molecule has 0 N–H and O–H groups in total. The van der Waals surface area contributed by atoms with Crippen LogP contribution in [0.2, 0.25) is 0 Å². The van der Waals surface area contributed by atoms with Crippen molar-refractivity contribution < 1.29 is 13.2 Å². The minimum atomic E-state index is -3.45. The summed E-state index contributed by atoms with van der Waals surface area (Å²) in [7, 11) is -3.45. The zero-order chi connectivity index (χ0) is 15.7. The van der Waals surface area contributed by atoms with Crippen LogP contribution in [0.15, 0.2) is 47.4 Å². The van der Waals surface area contributed by atoms with Crippen LogP contribution >= 0.6 is 0 Å². The van der Waals surface area contributed by atoms with Gasteiger partial charge < -0.3 is 0 Å². The van der Waals surface area contributed by atoms with E-state index < -0.39 is 15.1 Å². The Kier molecular flexibility index (Phi) is 7.37. The van der Waals surface area contributed by atoms with Crippen molar-refractivity contribution in [2.75, 3.05) is 0 Å². The molecule has 1 unspecified atom stereocenters. The molecule has 0 aromatic heterocycles. The zero-order valence-electron chi connectivity index (χ0n) is 12.8. The quantitative estimate of drug-likeness (QED) is 0.513. The van der Waals surface area contributed by atoms with E-state index in [1.54, 1.807) is 43.3 Å². The molecule has 0 spiro atoms. The Morgan fingerprint density at radius 3 is 2.43 bits per heavy atom. The number of carbonyl (C=O) groups is 1. The Morgan fingerprint density at radius 2 is 1.86 bits per heavy atom. The van der Waals surface area contributed by atoms with E-state index in [1.165, 1.54) is 6.08 Å². The fraction of sp³-hybridized carbons (Fsp3) is 0.471. The van der Waals surface area contributed by atoms with Crippen molar-refractivity contribution in [2.45, 2.75) is 56.1 Å². The van der Waals surface area contributed by atoms with Crippen molar-refractivity contribution in [1.82, 2.24) is 0 Å². The van der Waals surface area contributed by atoms with Gasteiger partial charge in [0, 0.05) is 6.42 Å². The lowest BCUT2D eigenvalue weighted by molar-refractivity contribution is -0.114. The number of rotatable bonds is 9. The summed E-state index contributed by atoms with van der Waals surface area (Å²) < 4.78 is 25.4. The van der Waals surface area contributed by atoms with E-state index in [1.807, 2.05) is 0 Å². The molecule has 0 bridgehead atoms. The Morgan fingerprint density at radius 1 is 1.19 bits per heavy atom. The maximum absolute atomic E-state index is 12.7. The van der Waals surface area contributed by atoms with E-state index in [0.717, 1.165) is 19.3 Å². The van der Waals surface area contributed by atoms with E-state index in [9.17, 15) is 13.2 Å². The Labute approximate surface area is 128 Å². The minimum absolute atomic E-state index is 0.0608. The molecule has 116 valence electrons. The third-order valence-electron chi connectivity index (χ3n) is 3.42. The Hall–Kier alpha value is -1.42. The van der Waals surface area contributed by atoms with Crippen LogP contribution in [-0.2, 0) is 14.6 Å². The number of ketones is 1. The standard InChI is InChI=1S/C17H24O3S/c1-3-5-7-13-17(14-15(18)10-4-2)21(19,20)16-11-8-6-9-12-16/h4,6,8-12,17H,3,5,7,13-14H2,1-2H3/b10-4+. The smallest absolute Gasteiger partial charge is 0.181 e. The highest BCUT2D eigenvalue weighted by Crippen LogP contribution is 2.23.